The first-order valence-electron chi connectivity index (χ1n) is 7.62. The molecule has 1 aliphatic rings. The molecule has 0 radical (unpaired) electrons. The summed E-state index contributed by atoms with van der Waals surface area (Å²) in [6.45, 7) is 3.75. The molecule has 0 fully saturated rings. The third-order valence-electron chi connectivity index (χ3n) is 4.06. The fraction of sp³-hybridized carbons (Fsp3) is 0.294. The third-order valence-corrected chi connectivity index (χ3v) is 4.06. The van der Waals surface area contributed by atoms with Crippen molar-refractivity contribution in [2.45, 2.75) is 20.3 Å². The van der Waals surface area contributed by atoms with E-state index in [4.69, 9.17) is 4.52 Å². The monoisotopic (exact) mass is 327 g/mol. The number of aromatic nitrogens is 1. The molecule has 0 bridgehead atoms. The molecule has 0 saturated carbocycles. The summed E-state index contributed by atoms with van der Waals surface area (Å²) in [6, 6.07) is 6.56. The second-order valence-corrected chi connectivity index (χ2v) is 5.64. The summed E-state index contributed by atoms with van der Waals surface area (Å²) in [5.41, 5.74) is 2.43. The average Bonchev–Trinajstić information content (AvgIpc) is 3.01. The van der Waals surface area contributed by atoms with Crippen LogP contribution in [0.15, 0.2) is 28.8 Å². The van der Waals surface area contributed by atoms with Crippen molar-refractivity contribution in [1.29, 1.82) is 0 Å². The maximum atomic E-state index is 12.2. The number of aryl methyl sites for hydroxylation is 2. The van der Waals surface area contributed by atoms with Crippen molar-refractivity contribution >= 4 is 17.7 Å². The van der Waals surface area contributed by atoms with Crippen molar-refractivity contribution in [3.05, 3.63) is 52.4 Å². The van der Waals surface area contributed by atoms with E-state index in [2.05, 4.69) is 10.5 Å². The predicted octanol–water partition coefficient (Wildman–Crippen LogP) is 1.25. The molecule has 1 N–H and O–H groups in total. The van der Waals surface area contributed by atoms with Crippen LogP contribution in [0, 0.1) is 13.8 Å². The molecule has 7 heteroatoms. The lowest BCUT2D eigenvalue weighted by Gasteiger charge is -2.13. The van der Waals surface area contributed by atoms with Gasteiger partial charge in [0.25, 0.3) is 11.8 Å². The standard InChI is InChI=1S/C17H17N3O4/c1-10-12(11(2)24-19-10)7-8-18-15(21)9-20-16(22)13-5-3-4-6-14(13)17(20)23/h3-6H,7-9H2,1-2H3,(H,18,21). The highest BCUT2D eigenvalue weighted by molar-refractivity contribution is 6.22. The maximum absolute atomic E-state index is 12.2. The lowest BCUT2D eigenvalue weighted by molar-refractivity contribution is -0.121. The molecule has 24 heavy (non-hydrogen) atoms. The first-order valence-corrected chi connectivity index (χ1v) is 7.62. The highest BCUT2D eigenvalue weighted by atomic mass is 16.5. The number of fused-ring (bicyclic) bond motifs is 1. The van der Waals surface area contributed by atoms with E-state index in [1.807, 2.05) is 13.8 Å². The minimum Gasteiger partial charge on any atom is -0.361 e. The van der Waals surface area contributed by atoms with E-state index < -0.39 is 11.8 Å². The van der Waals surface area contributed by atoms with E-state index in [0.717, 1.165) is 21.9 Å². The molecule has 124 valence electrons. The summed E-state index contributed by atoms with van der Waals surface area (Å²) in [7, 11) is 0. The van der Waals surface area contributed by atoms with Gasteiger partial charge < -0.3 is 9.84 Å². The van der Waals surface area contributed by atoms with Crippen LogP contribution in [0.2, 0.25) is 0 Å². The van der Waals surface area contributed by atoms with Crippen molar-refractivity contribution in [2.75, 3.05) is 13.1 Å². The van der Waals surface area contributed by atoms with Crippen LogP contribution >= 0.6 is 0 Å². The molecule has 0 aliphatic carbocycles. The van der Waals surface area contributed by atoms with Gasteiger partial charge >= 0.3 is 0 Å². The summed E-state index contributed by atoms with van der Waals surface area (Å²) in [5, 5.41) is 6.57. The summed E-state index contributed by atoms with van der Waals surface area (Å²) in [4.78, 5) is 37.4. The van der Waals surface area contributed by atoms with Gasteiger partial charge in [-0.1, -0.05) is 17.3 Å². The first-order chi connectivity index (χ1) is 11.5. The smallest absolute Gasteiger partial charge is 0.262 e. The van der Waals surface area contributed by atoms with Crippen molar-refractivity contribution in [3.63, 3.8) is 0 Å². The Bertz CT molecular complexity index is 770. The average molecular weight is 327 g/mol. The third kappa shape index (κ3) is 2.80. The van der Waals surface area contributed by atoms with Gasteiger partial charge in [0.05, 0.1) is 16.8 Å². The number of amides is 3. The van der Waals surface area contributed by atoms with Crippen LogP contribution in [0.3, 0.4) is 0 Å². The number of hydrogen-bond acceptors (Lipinski definition) is 5. The van der Waals surface area contributed by atoms with Gasteiger partial charge in [0.2, 0.25) is 5.91 Å². The van der Waals surface area contributed by atoms with Crippen LogP contribution < -0.4 is 5.32 Å². The molecular weight excluding hydrogens is 310 g/mol. The molecule has 1 aliphatic heterocycles. The molecule has 1 aromatic carbocycles. The van der Waals surface area contributed by atoms with Crippen LogP contribution in [-0.2, 0) is 11.2 Å². The van der Waals surface area contributed by atoms with E-state index >= 15 is 0 Å². The molecule has 0 saturated heterocycles. The SMILES string of the molecule is Cc1noc(C)c1CCNC(=O)CN1C(=O)c2ccccc2C1=O. The zero-order valence-corrected chi connectivity index (χ0v) is 13.5. The maximum Gasteiger partial charge on any atom is 0.262 e. The molecule has 1 aromatic heterocycles. The Morgan fingerprint density at radius 3 is 2.33 bits per heavy atom. The van der Waals surface area contributed by atoms with Gasteiger partial charge in [-0.15, -0.1) is 0 Å². The van der Waals surface area contributed by atoms with Crippen LogP contribution in [0.25, 0.3) is 0 Å². The lowest BCUT2D eigenvalue weighted by atomic mass is 10.1. The van der Waals surface area contributed by atoms with Crippen molar-refractivity contribution in [2.24, 2.45) is 0 Å². The Hall–Kier alpha value is -2.96. The van der Waals surface area contributed by atoms with Gasteiger partial charge in [0, 0.05) is 12.1 Å². The van der Waals surface area contributed by atoms with Gasteiger partial charge in [0.15, 0.2) is 0 Å². The number of carbonyl (C=O) groups excluding carboxylic acids is 3. The zero-order chi connectivity index (χ0) is 17.3. The molecule has 3 rings (SSSR count). The highest BCUT2D eigenvalue weighted by Crippen LogP contribution is 2.21. The van der Waals surface area contributed by atoms with Crippen LogP contribution in [-0.4, -0.2) is 40.9 Å². The Labute approximate surface area is 138 Å². The quantitative estimate of drug-likeness (QED) is 0.834. The van der Waals surface area contributed by atoms with E-state index in [1.165, 1.54) is 0 Å². The second kappa shape index (κ2) is 6.27. The molecular formula is C17H17N3O4. The van der Waals surface area contributed by atoms with Crippen LogP contribution in [0.1, 0.15) is 37.7 Å². The number of nitrogens with one attached hydrogen (secondary N) is 1. The minimum atomic E-state index is -0.434. The van der Waals surface area contributed by atoms with Gasteiger partial charge in [-0.05, 0) is 32.4 Å². The van der Waals surface area contributed by atoms with E-state index in [1.54, 1.807) is 24.3 Å². The number of carbonyl (C=O) groups is 3. The zero-order valence-electron chi connectivity index (χ0n) is 13.5. The normalized spacial score (nSPS) is 13.3. The van der Waals surface area contributed by atoms with E-state index in [-0.39, 0.29) is 12.5 Å². The fourth-order valence-electron chi connectivity index (χ4n) is 2.77. The van der Waals surface area contributed by atoms with Crippen molar-refractivity contribution in [3.8, 4) is 0 Å². The van der Waals surface area contributed by atoms with Crippen LogP contribution in [0.5, 0.6) is 0 Å². The topological polar surface area (TPSA) is 92.5 Å². The fourth-order valence-corrected chi connectivity index (χ4v) is 2.77. The van der Waals surface area contributed by atoms with E-state index in [0.29, 0.717) is 24.1 Å². The first kappa shape index (κ1) is 15.9. The number of rotatable bonds is 5. The number of nitrogens with zero attached hydrogens (tertiary/aromatic N) is 2. The lowest BCUT2D eigenvalue weighted by Crippen LogP contribution is -2.40. The summed E-state index contributed by atoms with van der Waals surface area (Å²) in [6.07, 6.45) is 0.578. The summed E-state index contributed by atoms with van der Waals surface area (Å²) >= 11 is 0. The summed E-state index contributed by atoms with van der Waals surface area (Å²) < 4.78 is 5.06. The van der Waals surface area contributed by atoms with Crippen molar-refractivity contribution < 1.29 is 18.9 Å². The van der Waals surface area contributed by atoms with Crippen molar-refractivity contribution in [1.82, 2.24) is 15.4 Å². The Balaban J connectivity index is 1.56. The second-order valence-electron chi connectivity index (χ2n) is 5.64. The van der Waals surface area contributed by atoms with Gasteiger partial charge in [-0.2, -0.15) is 0 Å². The Kier molecular flexibility index (Phi) is 4.16. The largest absolute Gasteiger partial charge is 0.361 e. The van der Waals surface area contributed by atoms with Gasteiger partial charge in [-0.3, -0.25) is 19.3 Å². The molecule has 2 heterocycles. The number of benzene rings is 1. The Morgan fingerprint density at radius 2 is 1.79 bits per heavy atom. The van der Waals surface area contributed by atoms with Gasteiger partial charge in [0.1, 0.15) is 12.3 Å². The minimum absolute atomic E-state index is 0.284. The molecule has 0 unspecified atom stereocenters. The van der Waals surface area contributed by atoms with E-state index in [9.17, 15) is 14.4 Å². The molecule has 0 spiro atoms. The molecule has 2 aromatic rings. The number of hydrogen-bond donors (Lipinski definition) is 1. The molecule has 7 nitrogen and oxygen atoms in total. The predicted molar refractivity (Wildman–Crippen MR) is 84.5 cm³/mol. The molecule has 0 atom stereocenters. The Morgan fingerprint density at radius 1 is 1.17 bits per heavy atom. The molecule has 3 amide bonds. The summed E-state index contributed by atoms with van der Waals surface area (Å²) in [5.74, 6) is -0.522. The van der Waals surface area contributed by atoms with Gasteiger partial charge in [-0.25, -0.2) is 0 Å². The van der Waals surface area contributed by atoms with Crippen LogP contribution in [0.4, 0.5) is 0 Å². The highest BCUT2D eigenvalue weighted by Gasteiger charge is 2.36. The number of imide groups is 1.